The van der Waals surface area contributed by atoms with E-state index in [2.05, 4.69) is 10.6 Å². The summed E-state index contributed by atoms with van der Waals surface area (Å²) in [4.78, 5) is 26.0. The lowest BCUT2D eigenvalue weighted by Gasteiger charge is -2.25. The van der Waals surface area contributed by atoms with Gasteiger partial charge in [-0.25, -0.2) is 4.79 Å². The van der Waals surface area contributed by atoms with Crippen LogP contribution in [0, 0.1) is 5.92 Å². The molecule has 5 heteroatoms. The number of hydrogen-bond acceptors (Lipinski definition) is 2. The zero-order valence-electron chi connectivity index (χ0n) is 15.2. The van der Waals surface area contributed by atoms with Gasteiger partial charge in [0.05, 0.1) is 6.04 Å². The van der Waals surface area contributed by atoms with Gasteiger partial charge in [-0.2, -0.15) is 0 Å². The predicted molar refractivity (Wildman–Crippen MR) is 103 cm³/mol. The Morgan fingerprint density at radius 1 is 1.12 bits per heavy atom. The van der Waals surface area contributed by atoms with E-state index in [-0.39, 0.29) is 23.9 Å². The number of carbonyl (C=O) groups is 2. The van der Waals surface area contributed by atoms with Gasteiger partial charge in [0.2, 0.25) is 5.91 Å². The Morgan fingerprint density at radius 3 is 2.54 bits per heavy atom. The number of nitrogens with zero attached hydrogens (tertiary/aromatic N) is 1. The van der Waals surface area contributed by atoms with Crippen LogP contribution >= 0.6 is 0 Å². The van der Waals surface area contributed by atoms with Crippen LogP contribution < -0.4 is 10.6 Å². The van der Waals surface area contributed by atoms with E-state index in [1.165, 1.54) is 0 Å². The number of amides is 3. The van der Waals surface area contributed by atoms with E-state index in [0.717, 1.165) is 29.7 Å². The molecule has 2 N–H and O–H groups in total. The minimum atomic E-state index is -0.131. The topological polar surface area (TPSA) is 61.4 Å². The first-order valence-corrected chi connectivity index (χ1v) is 9.00. The average molecular weight is 351 g/mol. The molecule has 136 valence electrons. The van der Waals surface area contributed by atoms with Crippen molar-refractivity contribution in [3.05, 3.63) is 65.7 Å². The third-order valence-electron chi connectivity index (χ3n) is 4.77. The van der Waals surface area contributed by atoms with E-state index in [4.69, 9.17) is 0 Å². The fourth-order valence-electron chi connectivity index (χ4n) is 2.78. The highest BCUT2D eigenvalue weighted by Crippen LogP contribution is 2.30. The second-order valence-corrected chi connectivity index (χ2v) is 6.82. The lowest BCUT2D eigenvalue weighted by molar-refractivity contribution is -0.117. The lowest BCUT2D eigenvalue weighted by Crippen LogP contribution is -2.38. The summed E-state index contributed by atoms with van der Waals surface area (Å²) in [6.45, 7) is 2.42. The second-order valence-electron chi connectivity index (χ2n) is 6.82. The first-order chi connectivity index (χ1) is 12.5. The van der Waals surface area contributed by atoms with Gasteiger partial charge in [0.25, 0.3) is 0 Å². The summed E-state index contributed by atoms with van der Waals surface area (Å²) in [5.41, 5.74) is 2.82. The maximum Gasteiger partial charge on any atom is 0.317 e. The molecule has 0 aromatic heterocycles. The van der Waals surface area contributed by atoms with Crippen LogP contribution in [0.3, 0.4) is 0 Å². The Kier molecular flexibility index (Phi) is 5.56. The lowest BCUT2D eigenvalue weighted by atomic mass is 10.1. The molecule has 0 radical (unpaired) electrons. The van der Waals surface area contributed by atoms with E-state index in [1.54, 1.807) is 11.9 Å². The third kappa shape index (κ3) is 4.63. The summed E-state index contributed by atoms with van der Waals surface area (Å²) in [6.07, 6.45) is 1.96. The fraction of sp³-hybridized carbons (Fsp3) is 0.333. The standard InChI is InChI=1S/C21H25N3O2/c1-15(17-8-4-3-5-9-17)24(2)21(26)22-14-16-7-6-10-19(13-16)23-20(25)18-11-12-18/h3-10,13,15,18H,11-12,14H2,1-2H3,(H,22,26)(H,23,25)/t15-/m0/s1. The fourth-order valence-corrected chi connectivity index (χ4v) is 2.78. The maximum atomic E-state index is 12.4. The van der Waals surface area contributed by atoms with E-state index < -0.39 is 0 Å². The molecule has 1 aliphatic rings. The Balaban J connectivity index is 1.54. The zero-order valence-corrected chi connectivity index (χ0v) is 15.2. The molecule has 26 heavy (non-hydrogen) atoms. The molecule has 1 saturated carbocycles. The molecule has 3 rings (SSSR count). The molecule has 1 atom stereocenters. The molecule has 2 aromatic rings. The molecule has 0 aliphatic heterocycles. The van der Waals surface area contributed by atoms with Crippen molar-refractivity contribution < 1.29 is 9.59 Å². The Morgan fingerprint density at radius 2 is 1.85 bits per heavy atom. The number of carbonyl (C=O) groups excluding carboxylic acids is 2. The minimum Gasteiger partial charge on any atom is -0.334 e. The van der Waals surface area contributed by atoms with Crippen molar-refractivity contribution in [1.82, 2.24) is 10.2 Å². The first-order valence-electron chi connectivity index (χ1n) is 9.00. The molecule has 0 saturated heterocycles. The molecule has 0 unspecified atom stereocenters. The van der Waals surface area contributed by atoms with E-state index in [1.807, 2.05) is 61.5 Å². The van der Waals surface area contributed by atoms with Crippen LogP contribution in [0.15, 0.2) is 54.6 Å². The Labute approximate surface area is 154 Å². The average Bonchev–Trinajstić information content (AvgIpc) is 3.51. The number of anilines is 1. The number of nitrogens with one attached hydrogen (secondary N) is 2. The van der Waals surface area contributed by atoms with Crippen molar-refractivity contribution in [2.75, 3.05) is 12.4 Å². The molecule has 0 bridgehead atoms. The van der Waals surface area contributed by atoms with Crippen LogP contribution in [-0.4, -0.2) is 23.9 Å². The maximum absolute atomic E-state index is 12.4. The molecule has 1 aliphatic carbocycles. The van der Waals surface area contributed by atoms with Crippen LogP contribution in [-0.2, 0) is 11.3 Å². The number of benzene rings is 2. The quantitative estimate of drug-likeness (QED) is 0.828. The van der Waals surface area contributed by atoms with Crippen LogP contribution in [0.2, 0.25) is 0 Å². The van der Waals surface area contributed by atoms with Gasteiger partial charge >= 0.3 is 6.03 Å². The summed E-state index contributed by atoms with van der Waals surface area (Å²) in [6, 6.07) is 17.4. The van der Waals surface area contributed by atoms with Gasteiger partial charge < -0.3 is 15.5 Å². The van der Waals surface area contributed by atoms with Crippen molar-refractivity contribution in [2.24, 2.45) is 5.92 Å². The normalized spacial score (nSPS) is 14.4. The number of rotatable bonds is 6. The van der Waals surface area contributed by atoms with Gasteiger partial charge in [-0.05, 0) is 43.0 Å². The minimum absolute atomic E-state index is 0.0136. The predicted octanol–water partition coefficient (Wildman–Crippen LogP) is 3.94. The molecular weight excluding hydrogens is 326 g/mol. The monoisotopic (exact) mass is 351 g/mol. The molecule has 0 spiro atoms. The highest BCUT2D eigenvalue weighted by atomic mass is 16.2. The van der Waals surface area contributed by atoms with Crippen molar-refractivity contribution >= 4 is 17.6 Å². The summed E-state index contributed by atoms with van der Waals surface area (Å²) in [5.74, 6) is 0.258. The molecule has 5 nitrogen and oxygen atoms in total. The van der Waals surface area contributed by atoms with Crippen LogP contribution in [0.4, 0.5) is 10.5 Å². The summed E-state index contributed by atoms with van der Waals surface area (Å²) in [5, 5.41) is 5.87. The van der Waals surface area contributed by atoms with Gasteiger partial charge in [0, 0.05) is 25.2 Å². The van der Waals surface area contributed by atoms with Gasteiger partial charge in [-0.15, -0.1) is 0 Å². The number of urea groups is 1. The summed E-state index contributed by atoms with van der Waals surface area (Å²) < 4.78 is 0. The SMILES string of the molecule is C[C@@H](c1ccccc1)N(C)C(=O)NCc1cccc(NC(=O)C2CC2)c1. The molecule has 1 fully saturated rings. The third-order valence-corrected chi connectivity index (χ3v) is 4.77. The highest BCUT2D eigenvalue weighted by Gasteiger charge is 2.29. The van der Waals surface area contributed by atoms with Crippen molar-refractivity contribution in [3.8, 4) is 0 Å². The van der Waals surface area contributed by atoms with Crippen LogP contribution in [0.1, 0.15) is 36.9 Å². The van der Waals surface area contributed by atoms with Crippen LogP contribution in [0.5, 0.6) is 0 Å². The van der Waals surface area contributed by atoms with Crippen molar-refractivity contribution in [3.63, 3.8) is 0 Å². The molecular formula is C21H25N3O2. The second kappa shape index (κ2) is 8.04. The zero-order chi connectivity index (χ0) is 18.5. The van der Waals surface area contributed by atoms with Gasteiger partial charge in [-0.3, -0.25) is 4.79 Å². The van der Waals surface area contributed by atoms with Crippen LogP contribution in [0.25, 0.3) is 0 Å². The van der Waals surface area contributed by atoms with Gasteiger partial charge in [0.15, 0.2) is 0 Å². The van der Waals surface area contributed by atoms with Crippen molar-refractivity contribution in [1.29, 1.82) is 0 Å². The highest BCUT2D eigenvalue weighted by molar-refractivity contribution is 5.94. The van der Waals surface area contributed by atoms with Crippen molar-refractivity contribution in [2.45, 2.75) is 32.4 Å². The molecule has 2 aromatic carbocycles. The smallest absolute Gasteiger partial charge is 0.317 e. The first kappa shape index (κ1) is 18.0. The summed E-state index contributed by atoms with van der Waals surface area (Å²) >= 11 is 0. The van der Waals surface area contributed by atoms with Gasteiger partial charge in [-0.1, -0.05) is 42.5 Å². The van der Waals surface area contributed by atoms with Gasteiger partial charge in [0.1, 0.15) is 0 Å². The summed E-state index contributed by atoms with van der Waals surface area (Å²) in [7, 11) is 1.79. The largest absolute Gasteiger partial charge is 0.334 e. The van der Waals surface area contributed by atoms with E-state index in [0.29, 0.717) is 6.54 Å². The van der Waals surface area contributed by atoms with E-state index >= 15 is 0 Å². The Bertz CT molecular complexity index is 772. The number of hydrogen-bond donors (Lipinski definition) is 2. The van der Waals surface area contributed by atoms with E-state index in [9.17, 15) is 9.59 Å². The molecule has 3 amide bonds. The molecule has 0 heterocycles. The Hall–Kier alpha value is -2.82.